The summed E-state index contributed by atoms with van der Waals surface area (Å²) in [5.74, 6) is -0.402. The molecule has 0 aliphatic carbocycles. The molecule has 2 aromatic carbocycles. The average molecular weight is 313 g/mol. The molecular formula is C17H13ClN2O2. The van der Waals surface area contributed by atoms with Crippen molar-refractivity contribution in [3.05, 3.63) is 70.6 Å². The molecule has 4 nitrogen and oxygen atoms in total. The van der Waals surface area contributed by atoms with Crippen LogP contribution < -0.4 is 0 Å². The van der Waals surface area contributed by atoms with E-state index in [9.17, 15) is 4.79 Å². The zero-order chi connectivity index (χ0) is 15.5. The second-order valence-electron chi connectivity index (χ2n) is 4.83. The average Bonchev–Trinajstić information content (AvgIpc) is 2.54. The van der Waals surface area contributed by atoms with Crippen LogP contribution in [0.4, 0.5) is 0 Å². The van der Waals surface area contributed by atoms with Crippen molar-refractivity contribution in [3.63, 3.8) is 0 Å². The van der Waals surface area contributed by atoms with Gasteiger partial charge in [-0.3, -0.25) is 0 Å². The first-order valence-corrected chi connectivity index (χ1v) is 7.13. The summed E-state index contributed by atoms with van der Waals surface area (Å²) < 4.78 is 4.73. The van der Waals surface area contributed by atoms with Gasteiger partial charge in [0.15, 0.2) is 0 Å². The van der Waals surface area contributed by atoms with Crippen LogP contribution in [0.5, 0.6) is 0 Å². The summed E-state index contributed by atoms with van der Waals surface area (Å²) >= 11 is 6.02. The highest BCUT2D eigenvalue weighted by atomic mass is 35.5. The van der Waals surface area contributed by atoms with Gasteiger partial charge < -0.3 is 4.74 Å². The number of halogens is 1. The Morgan fingerprint density at radius 2 is 1.91 bits per heavy atom. The highest BCUT2D eigenvalue weighted by Gasteiger charge is 2.11. The van der Waals surface area contributed by atoms with Gasteiger partial charge in [0.1, 0.15) is 0 Å². The van der Waals surface area contributed by atoms with Crippen molar-refractivity contribution in [1.82, 2.24) is 9.97 Å². The van der Waals surface area contributed by atoms with E-state index in [0.717, 1.165) is 16.6 Å². The Kier molecular flexibility index (Phi) is 4.02. The number of nitrogens with zero attached hydrogens (tertiary/aromatic N) is 2. The second-order valence-corrected chi connectivity index (χ2v) is 5.16. The van der Waals surface area contributed by atoms with Crippen LogP contribution in [0.25, 0.3) is 10.9 Å². The fraction of sp³-hybridized carbons (Fsp3) is 0.118. The van der Waals surface area contributed by atoms with Crippen molar-refractivity contribution < 1.29 is 9.53 Å². The maximum Gasteiger partial charge on any atom is 0.337 e. The first kappa shape index (κ1) is 14.5. The number of carbonyl (C=O) groups excluding carboxylic acids is 1. The third-order valence-corrected chi connectivity index (χ3v) is 3.55. The van der Waals surface area contributed by atoms with Crippen LogP contribution in [-0.4, -0.2) is 23.0 Å². The van der Waals surface area contributed by atoms with Crippen molar-refractivity contribution >= 4 is 28.5 Å². The third-order valence-electron chi connectivity index (χ3n) is 3.38. The third kappa shape index (κ3) is 2.92. The van der Waals surface area contributed by atoms with Crippen molar-refractivity contribution in [3.8, 4) is 0 Å². The zero-order valence-corrected chi connectivity index (χ0v) is 12.7. The molecular weight excluding hydrogens is 300 g/mol. The molecule has 0 aliphatic rings. The molecule has 0 amide bonds. The van der Waals surface area contributed by atoms with Crippen LogP contribution in [0, 0.1) is 0 Å². The lowest BCUT2D eigenvalue weighted by Gasteiger charge is -2.07. The number of methoxy groups -OCH3 is 1. The summed E-state index contributed by atoms with van der Waals surface area (Å²) in [6.07, 6.45) is 0.650. The van der Waals surface area contributed by atoms with Gasteiger partial charge in [0, 0.05) is 11.8 Å². The van der Waals surface area contributed by atoms with Gasteiger partial charge in [-0.2, -0.15) is 0 Å². The van der Waals surface area contributed by atoms with E-state index in [4.69, 9.17) is 16.3 Å². The normalized spacial score (nSPS) is 10.6. The van der Waals surface area contributed by atoms with E-state index in [1.165, 1.54) is 7.11 Å². The molecule has 0 atom stereocenters. The maximum atomic E-state index is 11.6. The Bertz CT molecular complexity index is 835. The van der Waals surface area contributed by atoms with Gasteiger partial charge in [-0.05, 0) is 29.3 Å². The molecule has 3 aromatic rings. The summed E-state index contributed by atoms with van der Waals surface area (Å²) in [6, 6.07) is 15.2. The summed E-state index contributed by atoms with van der Waals surface area (Å²) in [4.78, 5) is 20.2. The molecule has 1 heterocycles. The molecule has 0 fully saturated rings. The zero-order valence-electron chi connectivity index (χ0n) is 11.9. The van der Waals surface area contributed by atoms with Gasteiger partial charge in [0.25, 0.3) is 0 Å². The molecule has 0 radical (unpaired) electrons. The maximum absolute atomic E-state index is 11.6. The van der Waals surface area contributed by atoms with E-state index in [0.29, 0.717) is 17.5 Å². The molecule has 3 rings (SSSR count). The van der Waals surface area contributed by atoms with Crippen LogP contribution in [0.1, 0.15) is 21.6 Å². The molecule has 0 bridgehead atoms. The molecule has 22 heavy (non-hydrogen) atoms. The van der Waals surface area contributed by atoms with Gasteiger partial charge in [-0.15, -0.1) is 0 Å². The number of ether oxygens (including phenoxy) is 1. The number of carbonyl (C=O) groups is 1. The molecule has 0 saturated heterocycles. The SMILES string of the molecule is COC(=O)c1ccc2c(Cc3ccccc3)nc(Cl)nc2c1. The van der Waals surface area contributed by atoms with Gasteiger partial charge in [-0.1, -0.05) is 36.4 Å². The van der Waals surface area contributed by atoms with Crippen molar-refractivity contribution in [2.75, 3.05) is 7.11 Å². The lowest BCUT2D eigenvalue weighted by Crippen LogP contribution is -2.02. The van der Waals surface area contributed by atoms with Crippen LogP contribution in [-0.2, 0) is 11.2 Å². The number of aromatic nitrogens is 2. The van der Waals surface area contributed by atoms with E-state index in [2.05, 4.69) is 9.97 Å². The lowest BCUT2D eigenvalue weighted by atomic mass is 10.0. The van der Waals surface area contributed by atoms with Crippen molar-refractivity contribution in [2.45, 2.75) is 6.42 Å². The van der Waals surface area contributed by atoms with Crippen LogP contribution in [0.2, 0.25) is 5.28 Å². The monoisotopic (exact) mass is 312 g/mol. The van der Waals surface area contributed by atoms with Gasteiger partial charge in [-0.25, -0.2) is 14.8 Å². The summed E-state index contributed by atoms with van der Waals surface area (Å²) in [6.45, 7) is 0. The minimum Gasteiger partial charge on any atom is -0.465 e. The van der Waals surface area contributed by atoms with Crippen molar-refractivity contribution in [2.24, 2.45) is 0 Å². The predicted octanol–water partition coefficient (Wildman–Crippen LogP) is 3.66. The highest BCUT2D eigenvalue weighted by molar-refractivity contribution is 6.28. The molecule has 1 aromatic heterocycles. The fourth-order valence-corrected chi connectivity index (χ4v) is 2.53. The van der Waals surface area contributed by atoms with Crippen molar-refractivity contribution in [1.29, 1.82) is 0 Å². The standard InChI is InChI=1S/C17H13ClN2O2/c1-22-16(21)12-7-8-13-14(9-11-5-3-2-4-6-11)19-17(18)20-15(13)10-12/h2-8,10H,9H2,1H3. The van der Waals surface area contributed by atoms with Gasteiger partial charge in [0.2, 0.25) is 5.28 Å². The highest BCUT2D eigenvalue weighted by Crippen LogP contribution is 2.22. The van der Waals surface area contributed by atoms with Crippen LogP contribution >= 0.6 is 11.6 Å². The first-order valence-electron chi connectivity index (χ1n) is 6.76. The van der Waals surface area contributed by atoms with Crippen LogP contribution in [0.3, 0.4) is 0 Å². The molecule has 110 valence electrons. The molecule has 0 N–H and O–H groups in total. The van der Waals surface area contributed by atoms with E-state index in [1.54, 1.807) is 12.1 Å². The van der Waals surface area contributed by atoms with E-state index in [1.807, 2.05) is 36.4 Å². The quantitative estimate of drug-likeness (QED) is 0.547. The number of benzene rings is 2. The fourth-order valence-electron chi connectivity index (χ4n) is 2.33. The van der Waals surface area contributed by atoms with E-state index < -0.39 is 5.97 Å². The molecule has 0 unspecified atom stereocenters. The van der Waals surface area contributed by atoms with E-state index in [-0.39, 0.29) is 5.28 Å². The van der Waals surface area contributed by atoms with Crippen LogP contribution in [0.15, 0.2) is 48.5 Å². The minimum atomic E-state index is -0.402. The number of fused-ring (bicyclic) bond motifs is 1. The molecule has 0 saturated carbocycles. The second kappa shape index (κ2) is 6.12. The Morgan fingerprint density at radius 1 is 1.14 bits per heavy atom. The summed E-state index contributed by atoms with van der Waals surface area (Å²) in [5.41, 5.74) is 3.04. The number of rotatable bonds is 3. The first-order chi connectivity index (χ1) is 10.7. The Balaban J connectivity index is 2.08. The largest absolute Gasteiger partial charge is 0.465 e. The predicted molar refractivity (Wildman–Crippen MR) is 85.1 cm³/mol. The lowest BCUT2D eigenvalue weighted by molar-refractivity contribution is 0.0601. The minimum absolute atomic E-state index is 0.167. The van der Waals surface area contributed by atoms with Gasteiger partial charge in [0.05, 0.1) is 23.9 Å². The topological polar surface area (TPSA) is 52.1 Å². The molecule has 0 spiro atoms. The molecule has 5 heteroatoms. The number of hydrogen-bond acceptors (Lipinski definition) is 4. The Morgan fingerprint density at radius 3 is 2.64 bits per heavy atom. The smallest absolute Gasteiger partial charge is 0.337 e. The number of esters is 1. The Labute approximate surface area is 132 Å². The van der Waals surface area contributed by atoms with E-state index >= 15 is 0 Å². The molecule has 0 aliphatic heterocycles. The number of hydrogen-bond donors (Lipinski definition) is 0. The summed E-state index contributed by atoms with van der Waals surface area (Å²) in [7, 11) is 1.35. The van der Waals surface area contributed by atoms with Gasteiger partial charge >= 0.3 is 5.97 Å². The summed E-state index contributed by atoms with van der Waals surface area (Å²) in [5, 5.41) is 1.04. The Hall–Kier alpha value is -2.46.